The number of anilines is 2. The summed E-state index contributed by atoms with van der Waals surface area (Å²) in [5.74, 6) is -0.513. The van der Waals surface area contributed by atoms with Gasteiger partial charge in [-0.3, -0.25) is 9.52 Å². The standard InChI is InChI=1S/C19H15Cl2N3O3S/c1-24-10-2-3-16(12-24)28(26,27)23-18-9-6-14(21)11-17(18)19(25)22-15-7-4-13(20)5-8-15/h2-12H,1H3,(H-,22,23,25)/p+1. The lowest BCUT2D eigenvalue weighted by Gasteiger charge is -2.13. The molecule has 0 atom stereocenters. The van der Waals surface area contributed by atoms with E-state index in [2.05, 4.69) is 10.0 Å². The fraction of sp³-hybridized carbons (Fsp3) is 0.0526. The summed E-state index contributed by atoms with van der Waals surface area (Å²) in [4.78, 5) is 12.8. The first-order chi connectivity index (χ1) is 13.2. The second kappa shape index (κ2) is 8.18. The Labute approximate surface area is 172 Å². The van der Waals surface area contributed by atoms with Crippen LogP contribution in [0.2, 0.25) is 10.0 Å². The van der Waals surface area contributed by atoms with E-state index in [-0.39, 0.29) is 16.1 Å². The molecule has 2 N–H and O–H groups in total. The molecule has 1 amide bonds. The van der Waals surface area contributed by atoms with Crippen LogP contribution in [0.4, 0.5) is 11.4 Å². The van der Waals surface area contributed by atoms with E-state index in [0.717, 1.165) is 0 Å². The van der Waals surface area contributed by atoms with E-state index in [1.807, 2.05) is 0 Å². The Hall–Kier alpha value is -2.61. The Morgan fingerprint density at radius 3 is 2.36 bits per heavy atom. The molecule has 3 rings (SSSR count). The first-order valence-electron chi connectivity index (χ1n) is 8.09. The Bertz CT molecular complexity index is 1130. The normalized spacial score (nSPS) is 11.1. The van der Waals surface area contributed by atoms with Gasteiger partial charge in [0, 0.05) is 21.8 Å². The van der Waals surface area contributed by atoms with Gasteiger partial charge in [0.1, 0.15) is 7.05 Å². The number of nitrogens with zero attached hydrogens (tertiary/aromatic N) is 1. The number of carbonyl (C=O) groups is 1. The van der Waals surface area contributed by atoms with Crippen molar-refractivity contribution in [2.24, 2.45) is 7.05 Å². The third kappa shape index (κ3) is 4.81. The Morgan fingerprint density at radius 2 is 1.68 bits per heavy atom. The summed E-state index contributed by atoms with van der Waals surface area (Å²) in [6.07, 6.45) is 3.18. The van der Waals surface area contributed by atoms with Crippen LogP contribution >= 0.6 is 23.2 Å². The number of sulfonamides is 1. The van der Waals surface area contributed by atoms with Crippen molar-refractivity contribution in [3.8, 4) is 0 Å². The summed E-state index contributed by atoms with van der Waals surface area (Å²) in [6, 6.07) is 14.0. The van der Waals surface area contributed by atoms with Crippen molar-refractivity contribution in [1.82, 2.24) is 0 Å². The SMILES string of the molecule is C[n+]1cccc(S(=O)(=O)Nc2ccc(Cl)cc2C(=O)Nc2ccc(Cl)cc2)c1. The van der Waals surface area contributed by atoms with Gasteiger partial charge >= 0.3 is 0 Å². The molecule has 144 valence electrons. The molecule has 28 heavy (non-hydrogen) atoms. The molecule has 0 aliphatic rings. The summed E-state index contributed by atoms with van der Waals surface area (Å²) in [7, 11) is -2.18. The van der Waals surface area contributed by atoms with Crippen molar-refractivity contribution in [2.45, 2.75) is 4.90 Å². The number of aryl methyl sites for hydroxylation is 1. The maximum Gasteiger partial charge on any atom is 0.267 e. The highest BCUT2D eigenvalue weighted by atomic mass is 35.5. The van der Waals surface area contributed by atoms with Crippen LogP contribution in [0.3, 0.4) is 0 Å². The van der Waals surface area contributed by atoms with Gasteiger partial charge in [0.15, 0.2) is 17.3 Å². The smallest absolute Gasteiger partial charge is 0.267 e. The van der Waals surface area contributed by atoms with E-state index in [4.69, 9.17) is 23.2 Å². The van der Waals surface area contributed by atoms with Crippen molar-refractivity contribution in [3.63, 3.8) is 0 Å². The molecule has 1 aromatic heterocycles. The van der Waals surface area contributed by atoms with Gasteiger partial charge in [-0.2, -0.15) is 0 Å². The van der Waals surface area contributed by atoms with Crippen LogP contribution in [0.15, 0.2) is 71.9 Å². The maximum absolute atomic E-state index is 12.7. The quantitative estimate of drug-likeness (QED) is 0.595. The van der Waals surface area contributed by atoms with E-state index in [9.17, 15) is 13.2 Å². The summed E-state index contributed by atoms with van der Waals surface area (Å²) in [6.45, 7) is 0. The molecule has 0 fully saturated rings. The van der Waals surface area contributed by atoms with Crippen LogP contribution in [0.1, 0.15) is 10.4 Å². The van der Waals surface area contributed by atoms with Crippen molar-refractivity contribution in [3.05, 3.63) is 82.6 Å². The van der Waals surface area contributed by atoms with Gasteiger partial charge in [-0.25, -0.2) is 13.0 Å². The second-order valence-electron chi connectivity index (χ2n) is 5.96. The molecule has 0 radical (unpaired) electrons. The number of aromatic nitrogens is 1. The highest BCUT2D eigenvalue weighted by Crippen LogP contribution is 2.25. The minimum Gasteiger partial charge on any atom is -0.322 e. The molecule has 0 unspecified atom stereocenters. The minimum atomic E-state index is -3.89. The lowest BCUT2D eigenvalue weighted by Crippen LogP contribution is -2.29. The number of nitrogens with one attached hydrogen (secondary N) is 2. The van der Waals surface area contributed by atoms with Gasteiger partial charge in [-0.1, -0.05) is 23.2 Å². The summed E-state index contributed by atoms with van der Waals surface area (Å²) in [5.41, 5.74) is 0.715. The van der Waals surface area contributed by atoms with Crippen molar-refractivity contribution < 1.29 is 17.8 Å². The first-order valence-corrected chi connectivity index (χ1v) is 10.3. The molecule has 0 spiro atoms. The molecule has 1 heterocycles. The molecule has 0 aliphatic heterocycles. The number of benzene rings is 2. The number of amides is 1. The zero-order valence-corrected chi connectivity index (χ0v) is 17.0. The van der Waals surface area contributed by atoms with Crippen molar-refractivity contribution in [1.29, 1.82) is 0 Å². The van der Waals surface area contributed by atoms with Gasteiger partial charge in [-0.05, 0) is 48.5 Å². The summed E-state index contributed by atoms with van der Waals surface area (Å²) >= 11 is 11.9. The van der Waals surface area contributed by atoms with Crippen LogP contribution in [0.25, 0.3) is 0 Å². The molecular formula is C19H16Cl2N3O3S+. The van der Waals surface area contributed by atoms with E-state index in [1.54, 1.807) is 48.1 Å². The topological polar surface area (TPSA) is 79.2 Å². The van der Waals surface area contributed by atoms with Crippen LogP contribution in [0, 0.1) is 0 Å². The lowest BCUT2D eigenvalue weighted by atomic mass is 10.1. The largest absolute Gasteiger partial charge is 0.322 e. The number of hydrogen-bond donors (Lipinski definition) is 2. The number of halogens is 2. The Morgan fingerprint density at radius 1 is 1.00 bits per heavy atom. The molecule has 0 bridgehead atoms. The third-order valence-corrected chi connectivity index (χ3v) is 5.63. The fourth-order valence-corrected chi connectivity index (χ4v) is 3.89. The molecular weight excluding hydrogens is 421 g/mol. The minimum absolute atomic E-state index is 0.0662. The number of pyridine rings is 1. The highest BCUT2D eigenvalue weighted by Gasteiger charge is 2.21. The van der Waals surface area contributed by atoms with Gasteiger partial charge in [0.25, 0.3) is 15.9 Å². The van der Waals surface area contributed by atoms with Crippen molar-refractivity contribution in [2.75, 3.05) is 10.0 Å². The van der Waals surface area contributed by atoms with Crippen LogP contribution < -0.4 is 14.6 Å². The average Bonchev–Trinajstić information content (AvgIpc) is 2.65. The first kappa shape index (κ1) is 20.1. The fourth-order valence-electron chi connectivity index (χ4n) is 2.45. The zero-order valence-electron chi connectivity index (χ0n) is 14.7. The van der Waals surface area contributed by atoms with Crippen LogP contribution in [-0.4, -0.2) is 14.3 Å². The molecule has 3 aromatic rings. The maximum atomic E-state index is 12.7. The molecule has 0 aliphatic carbocycles. The summed E-state index contributed by atoms with van der Waals surface area (Å²) < 4.78 is 29.5. The monoisotopic (exact) mass is 436 g/mol. The van der Waals surface area contributed by atoms with Crippen LogP contribution in [0.5, 0.6) is 0 Å². The Kier molecular flexibility index (Phi) is 5.88. The predicted molar refractivity (Wildman–Crippen MR) is 109 cm³/mol. The average molecular weight is 437 g/mol. The van der Waals surface area contributed by atoms with E-state index in [0.29, 0.717) is 15.7 Å². The number of rotatable bonds is 5. The van der Waals surface area contributed by atoms with E-state index >= 15 is 0 Å². The van der Waals surface area contributed by atoms with E-state index in [1.165, 1.54) is 30.5 Å². The van der Waals surface area contributed by atoms with Gasteiger partial charge in [0.2, 0.25) is 0 Å². The summed E-state index contributed by atoms with van der Waals surface area (Å²) in [5, 5.41) is 3.53. The molecule has 2 aromatic carbocycles. The number of carbonyl (C=O) groups excluding carboxylic acids is 1. The van der Waals surface area contributed by atoms with Gasteiger partial charge in [-0.15, -0.1) is 0 Å². The second-order valence-corrected chi connectivity index (χ2v) is 8.52. The number of hydrogen-bond acceptors (Lipinski definition) is 3. The van der Waals surface area contributed by atoms with Crippen molar-refractivity contribution >= 4 is 50.5 Å². The molecule has 6 nitrogen and oxygen atoms in total. The Balaban J connectivity index is 1.92. The molecule has 0 saturated heterocycles. The molecule has 9 heteroatoms. The highest BCUT2D eigenvalue weighted by molar-refractivity contribution is 7.92. The predicted octanol–water partition coefficient (Wildman–Crippen LogP) is 3.87. The van der Waals surface area contributed by atoms with Gasteiger partial charge in [0.05, 0.1) is 11.3 Å². The lowest BCUT2D eigenvalue weighted by molar-refractivity contribution is -0.673. The van der Waals surface area contributed by atoms with Gasteiger partial charge < -0.3 is 5.32 Å². The third-order valence-electron chi connectivity index (χ3n) is 3.80. The molecule has 0 saturated carbocycles. The van der Waals surface area contributed by atoms with E-state index < -0.39 is 15.9 Å². The van der Waals surface area contributed by atoms with Crippen LogP contribution in [-0.2, 0) is 17.1 Å². The zero-order chi connectivity index (χ0) is 20.3.